The molecule has 1 saturated carbocycles. The third-order valence-corrected chi connectivity index (χ3v) is 3.25. The van der Waals surface area contributed by atoms with Crippen molar-refractivity contribution in [1.82, 2.24) is 9.78 Å². The highest BCUT2D eigenvalue weighted by Crippen LogP contribution is 2.30. The highest BCUT2D eigenvalue weighted by atomic mass is 16.3. The van der Waals surface area contributed by atoms with Gasteiger partial charge in [-0.25, -0.2) is 0 Å². The minimum atomic E-state index is -0.808. The van der Waals surface area contributed by atoms with E-state index < -0.39 is 5.60 Å². The smallest absolute Gasteiger partial charge is 0.228 e. The number of hydrogen-bond acceptors (Lipinski definition) is 3. The van der Waals surface area contributed by atoms with Crippen LogP contribution >= 0.6 is 0 Å². The Kier molecular flexibility index (Phi) is 3.47. The van der Waals surface area contributed by atoms with Gasteiger partial charge in [-0.2, -0.15) is 5.10 Å². The fourth-order valence-corrected chi connectivity index (χ4v) is 2.35. The van der Waals surface area contributed by atoms with E-state index in [0.29, 0.717) is 5.82 Å². The summed E-state index contributed by atoms with van der Waals surface area (Å²) in [6.07, 6.45) is 6.56. The Labute approximate surface area is 101 Å². The van der Waals surface area contributed by atoms with E-state index in [9.17, 15) is 9.90 Å². The van der Waals surface area contributed by atoms with Crippen molar-refractivity contribution in [2.24, 2.45) is 7.05 Å². The molecule has 0 aliphatic heterocycles. The van der Waals surface area contributed by atoms with Crippen LogP contribution < -0.4 is 5.32 Å². The molecule has 2 N–H and O–H groups in total. The third-order valence-electron chi connectivity index (χ3n) is 3.25. The molecule has 5 nitrogen and oxygen atoms in total. The number of nitrogens with one attached hydrogen (secondary N) is 1. The lowest BCUT2D eigenvalue weighted by Crippen LogP contribution is -2.35. The topological polar surface area (TPSA) is 67.2 Å². The Balaban J connectivity index is 1.88. The Hall–Kier alpha value is -1.36. The first-order valence-corrected chi connectivity index (χ1v) is 6.09. The summed E-state index contributed by atoms with van der Waals surface area (Å²) in [5, 5.41) is 17.0. The Morgan fingerprint density at radius 3 is 2.82 bits per heavy atom. The molecule has 0 saturated heterocycles. The number of aryl methyl sites for hydroxylation is 1. The zero-order valence-corrected chi connectivity index (χ0v) is 10.1. The van der Waals surface area contributed by atoms with Crippen molar-refractivity contribution in [3.8, 4) is 0 Å². The van der Waals surface area contributed by atoms with Crippen LogP contribution in [0.4, 0.5) is 5.82 Å². The molecule has 5 heteroatoms. The molecule has 1 amide bonds. The van der Waals surface area contributed by atoms with Gasteiger partial charge in [0.05, 0.1) is 12.0 Å². The van der Waals surface area contributed by atoms with Gasteiger partial charge in [0.1, 0.15) is 0 Å². The number of carbonyl (C=O) groups excluding carboxylic acids is 1. The monoisotopic (exact) mass is 237 g/mol. The third kappa shape index (κ3) is 3.30. The fourth-order valence-electron chi connectivity index (χ4n) is 2.35. The number of hydrogen-bond donors (Lipinski definition) is 2. The van der Waals surface area contributed by atoms with E-state index in [2.05, 4.69) is 10.4 Å². The molecule has 0 spiro atoms. The van der Waals surface area contributed by atoms with Gasteiger partial charge in [-0.05, 0) is 12.8 Å². The molecule has 0 aromatic carbocycles. The lowest BCUT2D eigenvalue weighted by molar-refractivity contribution is -0.122. The summed E-state index contributed by atoms with van der Waals surface area (Å²) in [6.45, 7) is 0. The van der Waals surface area contributed by atoms with Gasteiger partial charge in [-0.15, -0.1) is 0 Å². The first-order chi connectivity index (χ1) is 8.07. The largest absolute Gasteiger partial charge is 0.389 e. The van der Waals surface area contributed by atoms with Crippen LogP contribution in [0.25, 0.3) is 0 Å². The number of amides is 1. The number of anilines is 1. The number of aromatic nitrogens is 2. The zero-order valence-electron chi connectivity index (χ0n) is 10.1. The maximum atomic E-state index is 11.8. The highest BCUT2D eigenvalue weighted by molar-refractivity contribution is 5.90. The molecule has 0 atom stereocenters. The Morgan fingerprint density at radius 1 is 1.53 bits per heavy atom. The molecule has 1 heterocycles. The molecule has 1 aromatic rings. The number of rotatable bonds is 3. The van der Waals surface area contributed by atoms with Crippen molar-refractivity contribution in [1.29, 1.82) is 0 Å². The zero-order chi connectivity index (χ0) is 12.3. The minimum Gasteiger partial charge on any atom is -0.389 e. The molecule has 94 valence electrons. The summed E-state index contributed by atoms with van der Waals surface area (Å²) < 4.78 is 1.63. The van der Waals surface area contributed by atoms with E-state index in [1.54, 1.807) is 24.0 Å². The molecule has 1 aliphatic rings. The van der Waals surface area contributed by atoms with E-state index in [4.69, 9.17) is 0 Å². The first kappa shape index (κ1) is 12.1. The second-order valence-corrected chi connectivity index (χ2v) is 4.88. The lowest BCUT2D eigenvalue weighted by Gasteiger charge is -2.31. The summed E-state index contributed by atoms with van der Waals surface area (Å²) >= 11 is 0. The summed E-state index contributed by atoms with van der Waals surface area (Å²) in [6, 6.07) is 1.74. The van der Waals surface area contributed by atoms with Crippen molar-refractivity contribution < 1.29 is 9.90 Å². The Morgan fingerprint density at radius 2 is 2.24 bits per heavy atom. The van der Waals surface area contributed by atoms with Crippen LogP contribution in [0.5, 0.6) is 0 Å². The van der Waals surface area contributed by atoms with E-state index >= 15 is 0 Å². The molecule has 1 aromatic heterocycles. The van der Waals surface area contributed by atoms with Crippen LogP contribution in [-0.4, -0.2) is 26.4 Å². The molecule has 0 bridgehead atoms. The van der Waals surface area contributed by atoms with E-state index in [1.807, 2.05) is 0 Å². The summed E-state index contributed by atoms with van der Waals surface area (Å²) in [5.41, 5.74) is -0.808. The van der Waals surface area contributed by atoms with Gasteiger partial charge in [0.15, 0.2) is 5.82 Å². The van der Waals surface area contributed by atoms with Gasteiger partial charge in [-0.1, -0.05) is 19.3 Å². The SMILES string of the molecule is Cn1ccc(NC(=O)CC2(O)CCCCC2)n1. The summed E-state index contributed by atoms with van der Waals surface area (Å²) in [7, 11) is 1.80. The summed E-state index contributed by atoms with van der Waals surface area (Å²) in [4.78, 5) is 11.8. The van der Waals surface area contributed by atoms with Crippen LogP contribution in [0.1, 0.15) is 38.5 Å². The average Bonchev–Trinajstić information content (AvgIpc) is 2.63. The minimum absolute atomic E-state index is 0.159. The van der Waals surface area contributed by atoms with Crippen molar-refractivity contribution in [3.63, 3.8) is 0 Å². The van der Waals surface area contributed by atoms with E-state index in [0.717, 1.165) is 32.1 Å². The molecule has 1 fully saturated rings. The molecule has 2 rings (SSSR count). The molecule has 0 unspecified atom stereocenters. The number of nitrogens with zero attached hydrogens (tertiary/aromatic N) is 2. The predicted octanol–water partition coefficient (Wildman–Crippen LogP) is 1.44. The van der Waals surface area contributed by atoms with E-state index in [-0.39, 0.29) is 12.3 Å². The van der Waals surface area contributed by atoms with Crippen LogP contribution in [0.3, 0.4) is 0 Å². The quantitative estimate of drug-likeness (QED) is 0.836. The second-order valence-electron chi connectivity index (χ2n) is 4.88. The van der Waals surface area contributed by atoms with Crippen LogP contribution in [-0.2, 0) is 11.8 Å². The molecule has 1 aliphatic carbocycles. The van der Waals surface area contributed by atoms with Crippen molar-refractivity contribution in [2.75, 3.05) is 5.32 Å². The van der Waals surface area contributed by atoms with Gasteiger partial charge in [0, 0.05) is 19.3 Å². The average molecular weight is 237 g/mol. The van der Waals surface area contributed by atoms with Crippen LogP contribution in [0, 0.1) is 0 Å². The predicted molar refractivity (Wildman–Crippen MR) is 64.5 cm³/mol. The molecular formula is C12H19N3O2. The maximum absolute atomic E-state index is 11.8. The Bertz CT molecular complexity index is 394. The fraction of sp³-hybridized carbons (Fsp3) is 0.667. The highest BCUT2D eigenvalue weighted by Gasteiger charge is 2.31. The van der Waals surface area contributed by atoms with Crippen molar-refractivity contribution >= 4 is 11.7 Å². The lowest BCUT2D eigenvalue weighted by atomic mass is 9.82. The normalized spacial score (nSPS) is 18.9. The van der Waals surface area contributed by atoms with Crippen molar-refractivity contribution in [3.05, 3.63) is 12.3 Å². The van der Waals surface area contributed by atoms with Gasteiger partial charge in [-0.3, -0.25) is 9.48 Å². The first-order valence-electron chi connectivity index (χ1n) is 6.09. The summed E-state index contributed by atoms with van der Waals surface area (Å²) in [5.74, 6) is 0.380. The molecule has 17 heavy (non-hydrogen) atoms. The molecule has 0 radical (unpaired) electrons. The van der Waals surface area contributed by atoms with E-state index in [1.165, 1.54) is 0 Å². The second kappa shape index (κ2) is 4.87. The standard InChI is InChI=1S/C12H19N3O2/c1-15-8-5-10(14-15)13-11(16)9-12(17)6-3-2-4-7-12/h5,8,17H,2-4,6-7,9H2,1H3,(H,13,14,16). The van der Waals surface area contributed by atoms with Crippen LogP contribution in [0.15, 0.2) is 12.3 Å². The van der Waals surface area contributed by atoms with Gasteiger partial charge in [0.2, 0.25) is 5.91 Å². The number of carbonyl (C=O) groups is 1. The van der Waals surface area contributed by atoms with Gasteiger partial charge < -0.3 is 10.4 Å². The van der Waals surface area contributed by atoms with Gasteiger partial charge in [0.25, 0.3) is 0 Å². The number of aliphatic hydroxyl groups is 1. The molecular weight excluding hydrogens is 218 g/mol. The maximum Gasteiger partial charge on any atom is 0.228 e. The van der Waals surface area contributed by atoms with Crippen LogP contribution in [0.2, 0.25) is 0 Å². The van der Waals surface area contributed by atoms with Gasteiger partial charge >= 0.3 is 0 Å². The van der Waals surface area contributed by atoms with Crippen molar-refractivity contribution in [2.45, 2.75) is 44.1 Å².